The Labute approximate surface area is 119 Å². The Morgan fingerprint density at radius 3 is 3.10 bits per heavy atom. The molecular weight excluding hydrogens is 254 g/mol. The maximum absolute atomic E-state index is 10.2. The molecule has 0 aromatic carbocycles. The highest BCUT2D eigenvalue weighted by Crippen LogP contribution is 2.32. The number of aliphatic hydroxyl groups is 1. The number of pyridine rings is 1. The summed E-state index contributed by atoms with van der Waals surface area (Å²) >= 11 is 0. The number of aromatic nitrogens is 1. The van der Waals surface area contributed by atoms with E-state index in [9.17, 15) is 5.11 Å². The van der Waals surface area contributed by atoms with Crippen LogP contribution >= 0.6 is 0 Å². The van der Waals surface area contributed by atoms with E-state index in [-0.39, 0.29) is 6.10 Å². The van der Waals surface area contributed by atoms with E-state index in [0.29, 0.717) is 17.8 Å². The van der Waals surface area contributed by atoms with Gasteiger partial charge >= 0.3 is 0 Å². The summed E-state index contributed by atoms with van der Waals surface area (Å²) < 4.78 is 5.64. The number of aliphatic hydroxyl groups excluding tert-OH is 1. The van der Waals surface area contributed by atoms with Crippen molar-refractivity contribution in [3.63, 3.8) is 0 Å². The highest BCUT2D eigenvalue weighted by molar-refractivity contribution is 5.31. The summed E-state index contributed by atoms with van der Waals surface area (Å²) in [6, 6.07) is 4.25. The van der Waals surface area contributed by atoms with Crippen LogP contribution in [0.1, 0.15) is 24.8 Å². The van der Waals surface area contributed by atoms with Crippen LogP contribution in [0.4, 0.5) is 5.82 Å². The average molecular weight is 277 g/mol. The van der Waals surface area contributed by atoms with Gasteiger partial charge in [-0.1, -0.05) is 6.42 Å². The van der Waals surface area contributed by atoms with Gasteiger partial charge in [-0.05, 0) is 30.5 Å². The van der Waals surface area contributed by atoms with E-state index < -0.39 is 0 Å². The molecule has 0 bridgehead atoms. The molecule has 2 fully saturated rings. The molecule has 3 unspecified atom stereocenters. The number of nitrogen functional groups attached to an aromatic ring is 1. The minimum atomic E-state index is -0.174. The first-order valence-electron chi connectivity index (χ1n) is 7.44. The fourth-order valence-corrected chi connectivity index (χ4v) is 3.49. The summed E-state index contributed by atoms with van der Waals surface area (Å²) in [5.74, 6) is 0.905. The minimum absolute atomic E-state index is 0.174. The third kappa shape index (κ3) is 2.95. The van der Waals surface area contributed by atoms with Crippen LogP contribution in [0.5, 0.6) is 0 Å². The molecule has 3 atom stereocenters. The van der Waals surface area contributed by atoms with Crippen molar-refractivity contribution < 1.29 is 9.84 Å². The largest absolute Gasteiger partial charge is 0.393 e. The highest BCUT2D eigenvalue weighted by atomic mass is 16.5. The monoisotopic (exact) mass is 277 g/mol. The van der Waals surface area contributed by atoms with Crippen LogP contribution in [0.2, 0.25) is 0 Å². The molecule has 0 radical (unpaired) electrons. The molecule has 2 heterocycles. The normalized spacial score (nSPS) is 31.6. The molecule has 5 heteroatoms. The molecule has 5 nitrogen and oxygen atoms in total. The van der Waals surface area contributed by atoms with Crippen LogP contribution in [-0.2, 0) is 11.3 Å². The van der Waals surface area contributed by atoms with Crippen molar-refractivity contribution in [1.82, 2.24) is 9.88 Å². The molecule has 1 saturated heterocycles. The van der Waals surface area contributed by atoms with Gasteiger partial charge in [-0.25, -0.2) is 4.98 Å². The van der Waals surface area contributed by atoms with Crippen LogP contribution in [0.3, 0.4) is 0 Å². The molecule has 0 spiro atoms. The standard InChI is InChI=1S/C15H23N3O2/c16-15-8-11(4-5-17-15)9-18-6-7-20-10-13(18)12-2-1-3-14(12)19/h4-5,8,12-14,19H,1-3,6-7,9-10H2,(H2,16,17). The van der Waals surface area contributed by atoms with Gasteiger partial charge in [0.2, 0.25) is 0 Å². The molecular formula is C15H23N3O2. The Morgan fingerprint density at radius 1 is 1.45 bits per heavy atom. The fraction of sp³-hybridized carbons (Fsp3) is 0.667. The summed E-state index contributed by atoms with van der Waals surface area (Å²) in [5, 5.41) is 10.2. The van der Waals surface area contributed by atoms with E-state index in [2.05, 4.69) is 9.88 Å². The van der Waals surface area contributed by atoms with Crippen LogP contribution < -0.4 is 5.73 Å². The van der Waals surface area contributed by atoms with Gasteiger partial charge in [0, 0.05) is 31.2 Å². The number of ether oxygens (including phenoxy) is 1. The topological polar surface area (TPSA) is 71.6 Å². The maximum Gasteiger partial charge on any atom is 0.123 e. The predicted molar refractivity (Wildman–Crippen MR) is 77.0 cm³/mol. The Kier molecular flexibility index (Phi) is 4.19. The molecule has 1 saturated carbocycles. The predicted octanol–water partition coefficient (Wildman–Crippen LogP) is 1.03. The van der Waals surface area contributed by atoms with E-state index in [1.54, 1.807) is 6.20 Å². The number of nitrogens with two attached hydrogens (primary N) is 1. The molecule has 20 heavy (non-hydrogen) atoms. The number of nitrogens with zero attached hydrogens (tertiary/aromatic N) is 2. The molecule has 0 amide bonds. The maximum atomic E-state index is 10.2. The number of hydrogen-bond acceptors (Lipinski definition) is 5. The molecule has 1 aromatic heterocycles. The molecule has 1 aliphatic carbocycles. The second-order valence-electron chi connectivity index (χ2n) is 5.86. The van der Waals surface area contributed by atoms with Crippen molar-refractivity contribution in [1.29, 1.82) is 0 Å². The van der Waals surface area contributed by atoms with E-state index in [1.165, 1.54) is 5.56 Å². The van der Waals surface area contributed by atoms with Crippen LogP contribution in [0.25, 0.3) is 0 Å². The van der Waals surface area contributed by atoms with Crippen molar-refractivity contribution in [2.75, 3.05) is 25.5 Å². The Morgan fingerprint density at radius 2 is 2.35 bits per heavy atom. The van der Waals surface area contributed by atoms with E-state index in [1.807, 2.05) is 12.1 Å². The molecule has 1 aliphatic heterocycles. The molecule has 2 aliphatic rings. The summed E-state index contributed by atoms with van der Waals surface area (Å²) in [4.78, 5) is 6.46. The lowest BCUT2D eigenvalue weighted by Crippen LogP contribution is -2.50. The molecule has 1 aromatic rings. The van der Waals surface area contributed by atoms with E-state index in [4.69, 9.17) is 10.5 Å². The first-order chi connectivity index (χ1) is 9.74. The van der Waals surface area contributed by atoms with Crippen molar-refractivity contribution in [3.05, 3.63) is 23.9 Å². The Hall–Kier alpha value is -1.17. The average Bonchev–Trinajstić information content (AvgIpc) is 2.86. The minimum Gasteiger partial charge on any atom is -0.393 e. The SMILES string of the molecule is Nc1cc(CN2CCOCC2C2CCCC2O)ccn1. The van der Waals surface area contributed by atoms with Gasteiger partial charge < -0.3 is 15.6 Å². The Balaban J connectivity index is 1.72. The summed E-state index contributed by atoms with van der Waals surface area (Å²) in [6.45, 7) is 3.25. The lowest BCUT2D eigenvalue weighted by molar-refractivity contribution is -0.0536. The lowest BCUT2D eigenvalue weighted by atomic mass is 9.94. The van der Waals surface area contributed by atoms with Gasteiger partial charge in [-0.15, -0.1) is 0 Å². The molecule has 3 N–H and O–H groups in total. The van der Waals surface area contributed by atoms with E-state index >= 15 is 0 Å². The van der Waals surface area contributed by atoms with Gasteiger partial charge in [0.1, 0.15) is 5.82 Å². The third-order valence-electron chi connectivity index (χ3n) is 4.54. The smallest absolute Gasteiger partial charge is 0.123 e. The summed E-state index contributed by atoms with van der Waals surface area (Å²) in [6.07, 6.45) is 4.73. The quantitative estimate of drug-likeness (QED) is 0.863. The van der Waals surface area contributed by atoms with Gasteiger partial charge in [-0.3, -0.25) is 4.90 Å². The van der Waals surface area contributed by atoms with Crippen molar-refractivity contribution in [2.24, 2.45) is 5.92 Å². The highest BCUT2D eigenvalue weighted by Gasteiger charge is 2.37. The number of morpholine rings is 1. The number of rotatable bonds is 3. The van der Waals surface area contributed by atoms with Crippen molar-refractivity contribution in [2.45, 2.75) is 38.0 Å². The van der Waals surface area contributed by atoms with Crippen LogP contribution in [0, 0.1) is 5.92 Å². The Bertz CT molecular complexity index is 454. The number of anilines is 1. The first kappa shape index (κ1) is 13.8. The van der Waals surface area contributed by atoms with Gasteiger partial charge in [-0.2, -0.15) is 0 Å². The zero-order valence-electron chi connectivity index (χ0n) is 11.7. The first-order valence-corrected chi connectivity index (χ1v) is 7.44. The second kappa shape index (κ2) is 6.08. The van der Waals surface area contributed by atoms with Crippen LogP contribution in [0.15, 0.2) is 18.3 Å². The van der Waals surface area contributed by atoms with Gasteiger partial charge in [0.15, 0.2) is 0 Å². The van der Waals surface area contributed by atoms with Crippen LogP contribution in [-0.4, -0.2) is 46.9 Å². The van der Waals surface area contributed by atoms with Crippen molar-refractivity contribution >= 4 is 5.82 Å². The van der Waals surface area contributed by atoms with E-state index in [0.717, 1.165) is 45.6 Å². The number of hydrogen-bond donors (Lipinski definition) is 2. The fourth-order valence-electron chi connectivity index (χ4n) is 3.49. The molecule has 3 rings (SSSR count). The van der Waals surface area contributed by atoms with Gasteiger partial charge in [0.05, 0.1) is 19.3 Å². The summed E-state index contributed by atoms with van der Waals surface area (Å²) in [5.41, 5.74) is 6.93. The summed E-state index contributed by atoms with van der Waals surface area (Å²) in [7, 11) is 0. The molecule has 110 valence electrons. The lowest BCUT2D eigenvalue weighted by Gasteiger charge is -2.40. The van der Waals surface area contributed by atoms with Crippen molar-refractivity contribution in [3.8, 4) is 0 Å². The zero-order chi connectivity index (χ0) is 13.9. The van der Waals surface area contributed by atoms with Gasteiger partial charge in [0.25, 0.3) is 0 Å². The second-order valence-corrected chi connectivity index (χ2v) is 5.86. The zero-order valence-corrected chi connectivity index (χ0v) is 11.7. The third-order valence-corrected chi connectivity index (χ3v) is 4.54.